The number of hydrogen-bond acceptors (Lipinski definition) is 6. The molecule has 0 unspecified atom stereocenters. The van der Waals surface area contributed by atoms with E-state index >= 15 is 0 Å². The largest absolute Gasteiger partial charge is 0.322 e. The Bertz CT molecular complexity index is 1370. The van der Waals surface area contributed by atoms with E-state index in [1.165, 1.54) is 6.33 Å². The topological polar surface area (TPSA) is 114 Å². The van der Waals surface area contributed by atoms with Crippen LogP contribution in [0.2, 0.25) is 0 Å². The number of carbonyl (C=O) groups excluding carboxylic acids is 2. The van der Waals surface area contributed by atoms with Crippen LogP contribution in [-0.2, 0) is 5.41 Å². The Labute approximate surface area is 209 Å². The van der Waals surface area contributed by atoms with Gasteiger partial charge in [-0.25, -0.2) is 10.1 Å². The van der Waals surface area contributed by atoms with Crippen molar-refractivity contribution < 1.29 is 9.59 Å². The molecule has 0 atom stereocenters. The van der Waals surface area contributed by atoms with Crippen LogP contribution in [0.25, 0.3) is 5.69 Å². The summed E-state index contributed by atoms with van der Waals surface area (Å²) in [5.74, 6) is -0.561. The Morgan fingerprint density at radius 2 is 1.39 bits per heavy atom. The zero-order chi connectivity index (χ0) is 25.7. The SMILES string of the molecule is C/C(=N\NC(=O)c1ccc(NC(=O)c2ccc(C(C)(C)C)cc2)cc1)c1ccc(-n2cnnn2)cc1. The maximum absolute atomic E-state index is 12.6. The average molecular weight is 482 g/mol. The number of nitrogens with one attached hydrogen (secondary N) is 2. The van der Waals surface area contributed by atoms with Crippen molar-refractivity contribution in [1.82, 2.24) is 25.6 Å². The van der Waals surface area contributed by atoms with Gasteiger partial charge >= 0.3 is 0 Å². The summed E-state index contributed by atoms with van der Waals surface area (Å²) in [4.78, 5) is 25.1. The third kappa shape index (κ3) is 5.87. The van der Waals surface area contributed by atoms with Crippen molar-refractivity contribution in [3.8, 4) is 5.69 Å². The smallest absolute Gasteiger partial charge is 0.271 e. The second-order valence-corrected chi connectivity index (χ2v) is 9.30. The molecule has 0 fully saturated rings. The molecule has 0 radical (unpaired) electrons. The van der Waals surface area contributed by atoms with Gasteiger partial charge in [0, 0.05) is 16.8 Å². The standard InChI is InChI=1S/C27H27N7O2/c1-18(19-9-15-24(16-10-19)34-17-28-32-33-34)30-31-26(36)21-7-13-23(14-8-21)29-25(35)20-5-11-22(12-6-20)27(2,3)4/h5-17H,1-4H3,(H,29,35)(H,31,36)/b30-18+. The molecule has 36 heavy (non-hydrogen) atoms. The predicted octanol–water partition coefficient (Wildman–Crippen LogP) is 4.37. The summed E-state index contributed by atoms with van der Waals surface area (Å²) in [6.07, 6.45) is 1.51. The number of aromatic nitrogens is 4. The fourth-order valence-corrected chi connectivity index (χ4v) is 3.43. The molecule has 1 aromatic heterocycles. The number of rotatable bonds is 6. The first-order chi connectivity index (χ1) is 17.2. The van der Waals surface area contributed by atoms with Crippen LogP contribution in [0.1, 0.15) is 59.5 Å². The molecule has 0 aliphatic carbocycles. The van der Waals surface area contributed by atoms with Crippen molar-refractivity contribution in [1.29, 1.82) is 0 Å². The van der Waals surface area contributed by atoms with E-state index in [9.17, 15) is 9.59 Å². The van der Waals surface area contributed by atoms with Crippen molar-refractivity contribution in [3.63, 3.8) is 0 Å². The molecule has 4 rings (SSSR count). The monoisotopic (exact) mass is 481 g/mol. The van der Waals surface area contributed by atoms with Gasteiger partial charge in [0.1, 0.15) is 6.33 Å². The van der Waals surface area contributed by atoms with Gasteiger partial charge < -0.3 is 5.32 Å². The fraction of sp³-hybridized carbons (Fsp3) is 0.185. The Kier molecular flexibility index (Phi) is 7.00. The lowest BCUT2D eigenvalue weighted by Gasteiger charge is -2.19. The van der Waals surface area contributed by atoms with Crippen LogP contribution in [0.15, 0.2) is 84.2 Å². The molecule has 9 nitrogen and oxygen atoms in total. The van der Waals surface area contributed by atoms with E-state index in [1.807, 2.05) is 48.5 Å². The first kappa shape index (κ1) is 24.5. The van der Waals surface area contributed by atoms with E-state index in [4.69, 9.17) is 0 Å². The number of hydrazone groups is 1. The Hall–Kier alpha value is -4.66. The molecule has 3 aromatic carbocycles. The lowest BCUT2D eigenvalue weighted by molar-refractivity contribution is 0.0954. The maximum atomic E-state index is 12.6. The fourth-order valence-electron chi connectivity index (χ4n) is 3.43. The van der Waals surface area contributed by atoms with Crippen molar-refractivity contribution >= 4 is 23.2 Å². The number of amides is 2. The van der Waals surface area contributed by atoms with E-state index < -0.39 is 0 Å². The molecule has 0 spiro atoms. The zero-order valence-corrected chi connectivity index (χ0v) is 20.6. The zero-order valence-electron chi connectivity index (χ0n) is 20.6. The highest BCUT2D eigenvalue weighted by Crippen LogP contribution is 2.22. The summed E-state index contributed by atoms with van der Waals surface area (Å²) < 4.78 is 1.55. The summed E-state index contributed by atoms with van der Waals surface area (Å²) in [6, 6.07) is 21.7. The Morgan fingerprint density at radius 3 is 1.97 bits per heavy atom. The summed E-state index contributed by atoms with van der Waals surface area (Å²) in [5.41, 5.74) is 7.65. The van der Waals surface area contributed by atoms with Crippen molar-refractivity contribution in [2.45, 2.75) is 33.1 Å². The molecule has 0 aliphatic heterocycles. The summed E-state index contributed by atoms with van der Waals surface area (Å²) in [6.45, 7) is 8.19. The molecule has 182 valence electrons. The molecule has 2 N–H and O–H groups in total. The normalized spacial score (nSPS) is 11.7. The minimum absolute atomic E-state index is 0.0229. The summed E-state index contributed by atoms with van der Waals surface area (Å²) in [7, 11) is 0. The van der Waals surface area contributed by atoms with Crippen LogP contribution < -0.4 is 10.7 Å². The Morgan fingerprint density at radius 1 is 0.806 bits per heavy atom. The van der Waals surface area contributed by atoms with Crippen molar-refractivity contribution in [2.24, 2.45) is 5.10 Å². The highest BCUT2D eigenvalue weighted by Gasteiger charge is 2.14. The summed E-state index contributed by atoms with van der Waals surface area (Å²) in [5, 5.41) is 18.1. The number of hydrogen-bond donors (Lipinski definition) is 2. The molecule has 1 heterocycles. The number of tetrazole rings is 1. The van der Waals surface area contributed by atoms with Gasteiger partial charge in [-0.15, -0.1) is 5.10 Å². The maximum Gasteiger partial charge on any atom is 0.271 e. The number of nitrogens with zero attached hydrogens (tertiary/aromatic N) is 5. The van der Waals surface area contributed by atoms with E-state index in [0.29, 0.717) is 22.5 Å². The molecule has 0 saturated carbocycles. The van der Waals surface area contributed by atoms with Crippen LogP contribution in [0.4, 0.5) is 5.69 Å². The molecule has 4 aromatic rings. The van der Waals surface area contributed by atoms with E-state index in [-0.39, 0.29) is 17.2 Å². The molecule has 0 saturated heterocycles. The van der Waals surface area contributed by atoms with Crippen LogP contribution in [0.5, 0.6) is 0 Å². The number of carbonyl (C=O) groups is 2. The van der Waals surface area contributed by atoms with Gasteiger partial charge in [0.05, 0.1) is 11.4 Å². The van der Waals surface area contributed by atoms with E-state index in [0.717, 1.165) is 16.8 Å². The predicted molar refractivity (Wildman–Crippen MR) is 138 cm³/mol. The average Bonchev–Trinajstić information content (AvgIpc) is 3.42. The molecule has 0 bridgehead atoms. The van der Waals surface area contributed by atoms with Gasteiger partial charge in [0.25, 0.3) is 11.8 Å². The minimum atomic E-state index is -0.352. The second-order valence-electron chi connectivity index (χ2n) is 9.30. The Balaban J connectivity index is 1.34. The minimum Gasteiger partial charge on any atom is -0.322 e. The first-order valence-corrected chi connectivity index (χ1v) is 11.4. The van der Waals surface area contributed by atoms with Crippen molar-refractivity contribution in [2.75, 3.05) is 5.32 Å². The van der Waals surface area contributed by atoms with Gasteiger partial charge in [-0.05, 0) is 82.4 Å². The van der Waals surface area contributed by atoms with Gasteiger partial charge in [-0.2, -0.15) is 5.10 Å². The van der Waals surface area contributed by atoms with E-state index in [2.05, 4.69) is 52.1 Å². The van der Waals surface area contributed by atoms with Crippen LogP contribution in [0, 0.1) is 0 Å². The summed E-state index contributed by atoms with van der Waals surface area (Å²) >= 11 is 0. The highest BCUT2D eigenvalue weighted by atomic mass is 16.2. The van der Waals surface area contributed by atoms with Gasteiger partial charge in [0.2, 0.25) is 0 Å². The van der Waals surface area contributed by atoms with Gasteiger partial charge in [0.15, 0.2) is 0 Å². The molecule has 9 heteroatoms. The van der Waals surface area contributed by atoms with Gasteiger partial charge in [-0.1, -0.05) is 45.0 Å². The number of anilines is 1. The van der Waals surface area contributed by atoms with Gasteiger partial charge in [-0.3, -0.25) is 9.59 Å². The van der Waals surface area contributed by atoms with Crippen LogP contribution >= 0.6 is 0 Å². The quantitative estimate of drug-likeness (QED) is 0.314. The number of benzene rings is 3. The molecule has 0 aliphatic rings. The lowest BCUT2D eigenvalue weighted by atomic mass is 9.87. The van der Waals surface area contributed by atoms with E-state index in [1.54, 1.807) is 35.9 Å². The first-order valence-electron chi connectivity index (χ1n) is 11.4. The molecule has 2 amide bonds. The lowest BCUT2D eigenvalue weighted by Crippen LogP contribution is -2.19. The third-order valence-electron chi connectivity index (χ3n) is 5.64. The molecular formula is C27H27N7O2. The second kappa shape index (κ2) is 10.3. The van der Waals surface area contributed by atoms with Crippen LogP contribution in [0.3, 0.4) is 0 Å². The van der Waals surface area contributed by atoms with Crippen molar-refractivity contribution in [3.05, 3.63) is 101 Å². The molecular weight excluding hydrogens is 454 g/mol. The highest BCUT2D eigenvalue weighted by molar-refractivity contribution is 6.05. The third-order valence-corrected chi connectivity index (χ3v) is 5.64. The van der Waals surface area contributed by atoms with Crippen LogP contribution in [-0.4, -0.2) is 37.7 Å².